The third-order valence-electron chi connectivity index (χ3n) is 4.06. The Bertz CT molecular complexity index is 298. The molecule has 5 heteroatoms. The maximum absolute atomic E-state index is 12.2. The molecular weight excluding hydrogens is 230 g/mol. The molecule has 18 heavy (non-hydrogen) atoms. The Morgan fingerprint density at radius 2 is 2.17 bits per heavy atom. The molecule has 3 atom stereocenters. The fourth-order valence-electron chi connectivity index (χ4n) is 2.93. The summed E-state index contributed by atoms with van der Waals surface area (Å²) >= 11 is 0. The van der Waals surface area contributed by atoms with Gasteiger partial charge in [-0.1, -0.05) is 0 Å². The summed E-state index contributed by atoms with van der Waals surface area (Å²) in [5.41, 5.74) is 5.71. The molecule has 0 aromatic rings. The summed E-state index contributed by atoms with van der Waals surface area (Å²) in [5, 5.41) is 0. The third-order valence-corrected chi connectivity index (χ3v) is 4.06. The van der Waals surface area contributed by atoms with E-state index in [2.05, 4.69) is 11.8 Å². The van der Waals surface area contributed by atoms with Crippen LogP contribution in [-0.4, -0.2) is 67.2 Å². The number of nitrogens with zero attached hydrogens (tertiary/aromatic N) is 2. The van der Waals surface area contributed by atoms with Gasteiger partial charge in [-0.2, -0.15) is 0 Å². The number of amides is 1. The minimum absolute atomic E-state index is 0.162. The lowest BCUT2D eigenvalue weighted by Crippen LogP contribution is -2.48. The van der Waals surface area contributed by atoms with Gasteiger partial charge in [0.2, 0.25) is 5.91 Å². The summed E-state index contributed by atoms with van der Waals surface area (Å²) in [6, 6.07) is 0.473. The second-order valence-electron chi connectivity index (χ2n) is 5.64. The molecule has 2 rings (SSSR count). The first-order chi connectivity index (χ1) is 8.60. The van der Waals surface area contributed by atoms with Gasteiger partial charge in [0.05, 0.1) is 19.3 Å². The van der Waals surface area contributed by atoms with E-state index in [-0.39, 0.29) is 12.0 Å². The largest absolute Gasteiger partial charge is 0.375 e. The van der Waals surface area contributed by atoms with E-state index in [1.54, 1.807) is 0 Å². The quantitative estimate of drug-likeness (QED) is 0.765. The first-order valence-electron chi connectivity index (χ1n) is 6.93. The lowest BCUT2D eigenvalue weighted by Gasteiger charge is -2.33. The van der Waals surface area contributed by atoms with Crippen molar-refractivity contribution in [3.8, 4) is 0 Å². The second kappa shape index (κ2) is 5.99. The normalized spacial score (nSPS) is 33.9. The Hall–Kier alpha value is -0.650. The molecule has 2 aliphatic heterocycles. The van der Waals surface area contributed by atoms with Gasteiger partial charge in [0, 0.05) is 25.7 Å². The molecule has 2 aliphatic rings. The van der Waals surface area contributed by atoms with Crippen molar-refractivity contribution in [2.45, 2.75) is 32.4 Å². The van der Waals surface area contributed by atoms with Gasteiger partial charge in [-0.05, 0) is 32.7 Å². The number of nitrogens with two attached hydrogens (primary N) is 1. The Balaban J connectivity index is 1.83. The monoisotopic (exact) mass is 255 g/mol. The molecule has 0 aromatic carbocycles. The van der Waals surface area contributed by atoms with Crippen LogP contribution in [0.2, 0.25) is 0 Å². The van der Waals surface area contributed by atoms with Crippen molar-refractivity contribution in [3.05, 3.63) is 0 Å². The zero-order valence-corrected chi connectivity index (χ0v) is 11.5. The zero-order chi connectivity index (χ0) is 13.1. The van der Waals surface area contributed by atoms with E-state index >= 15 is 0 Å². The number of carbonyl (C=O) groups excluding carboxylic acids is 1. The van der Waals surface area contributed by atoms with E-state index in [4.69, 9.17) is 10.5 Å². The van der Waals surface area contributed by atoms with E-state index in [0.717, 1.165) is 32.6 Å². The molecule has 3 unspecified atom stereocenters. The number of hydrogen-bond acceptors (Lipinski definition) is 4. The molecule has 104 valence electrons. The van der Waals surface area contributed by atoms with Gasteiger partial charge < -0.3 is 15.4 Å². The molecule has 0 bridgehead atoms. The zero-order valence-electron chi connectivity index (χ0n) is 11.5. The van der Waals surface area contributed by atoms with Crippen molar-refractivity contribution in [2.75, 3.05) is 39.3 Å². The van der Waals surface area contributed by atoms with Crippen molar-refractivity contribution >= 4 is 5.91 Å². The Morgan fingerprint density at radius 3 is 2.78 bits per heavy atom. The van der Waals surface area contributed by atoms with Crippen molar-refractivity contribution in [1.82, 2.24) is 9.80 Å². The number of ether oxygens (including phenoxy) is 1. The molecule has 0 aromatic heterocycles. The van der Waals surface area contributed by atoms with E-state index in [9.17, 15) is 4.79 Å². The van der Waals surface area contributed by atoms with Crippen molar-refractivity contribution < 1.29 is 9.53 Å². The summed E-state index contributed by atoms with van der Waals surface area (Å²) in [6.07, 6.45) is 1.28. The maximum Gasteiger partial charge on any atom is 0.236 e. The predicted octanol–water partition coefficient (Wildman–Crippen LogP) is -0.0972. The molecule has 0 radical (unpaired) electrons. The highest BCUT2D eigenvalue weighted by Crippen LogP contribution is 2.22. The van der Waals surface area contributed by atoms with Crippen LogP contribution in [0.3, 0.4) is 0 Å². The SMILES string of the molecule is CC1CN(C(=O)CN2CC(CN)CC2C)CCO1. The summed E-state index contributed by atoms with van der Waals surface area (Å²) in [7, 11) is 0. The third kappa shape index (κ3) is 3.22. The molecule has 1 amide bonds. The first kappa shape index (κ1) is 13.8. The van der Waals surface area contributed by atoms with Crippen LogP contribution in [0.4, 0.5) is 0 Å². The molecule has 2 heterocycles. The molecule has 2 N–H and O–H groups in total. The second-order valence-corrected chi connectivity index (χ2v) is 5.64. The van der Waals surface area contributed by atoms with Crippen LogP contribution in [0.15, 0.2) is 0 Å². The molecular formula is C13H25N3O2. The van der Waals surface area contributed by atoms with E-state index < -0.39 is 0 Å². The molecule has 0 aliphatic carbocycles. The minimum atomic E-state index is 0.162. The number of carbonyl (C=O) groups is 1. The van der Waals surface area contributed by atoms with Crippen molar-refractivity contribution in [3.63, 3.8) is 0 Å². The van der Waals surface area contributed by atoms with E-state index in [1.165, 1.54) is 0 Å². The summed E-state index contributed by atoms with van der Waals surface area (Å²) in [6.45, 7) is 8.53. The smallest absolute Gasteiger partial charge is 0.236 e. The van der Waals surface area contributed by atoms with Crippen LogP contribution >= 0.6 is 0 Å². The van der Waals surface area contributed by atoms with Gasteiger partial charge in [-0.25, -0.2) is 0 Å². The number of morpholine rings is 1. The molecule has 5 nitrogen and oxygen atoms in total. The Morgan fingerprint density at radius 1 is 1.39 bits per heavy atom. The predicted molar refractivity (Wildman–Crippen MR) is 70.2 cm³/mol. The van der Waals surface area contributed by atoms with E-state index in [1.807, 2.05) is 11.8 Å². The average molecular weight is 255 g/mol. The summed E-state index contributed by atoms with van der Waals surface area (Å²) < 4.78 is 5.46. The highest BCUT2D eigenvalue weighted by atomic mass is 16.5. The van der Waals surface area contributed by atoms with Crippen LogP contribution in [0.1, 0.15) is 20.3 Å². The number of hydrogen-bond donors (Lipinski definition) is 1. The highest BCUT2D eigenvalue weighted by Gasteiger charge is 2.31. The van der Waals surface area contributed by atoms with Gasteiger partial charge in [0.1, 0.15) is 0 Å². The topological polar surface area (TPSA) is 58.8 Å². The lowest BCUT2D eigenvalue weighted by molar-refractivity contribution is -0.139. The highest BCUT2D eigenvalue weighted by molar-refractivity contribution is 5.78. The van der Waals surface area contributed by atoms with Gasteiger partial charge in [-0.15, -0.1) is 0 Å². The summed E-state index contributed by atoms with van der Waals surface area (Å²) in [4.78, 5) is 16.4. The van der Waals surface area contributed by atoms with E-state index in [0.29, 0.717) is 25.1 Å². The van der Waals surface area contributed by atoms with Crippen LogP contribution in [-0.2, 0) is 9.53 Å². The van der Waals surface area contributed by atoms with Gasteiger partial charge >= 0.3 is 0 Å². The van der Waals surface area contributed by atoms with Crippen LogP contribution < -0.4 is 5.73 Å². The Kier molecular flexibility index (Phi) is 4.59. The molecule has 0 saturated carbocycles. The summed E-state index contributed by atoms with van der Waals surface area (Å²) in [5.74, 6) is 0.783. The average Bonchev–Trinajstić information content (AvgIpc) is 2.70. The fraction of sp³-hybridized carbons (Fsp3) is 0.923. The lowest BCUT2D eigenvalue weighted by atomic mass is 10.1. The maximum atomic E-state index is 12.2. The van der Waals surface area contributed by atoms with Gasteiger partial charge in [-0.3, -0.25) is 9.69 Å². The van der Waals surface area contributed by atoms with Gasteiger partial charge in [0.25, 0.3) is 0 Å². The first-order valence-corrected chi connectivity index (χ1v) is 6.93. The van der Waals surface area contributed by atoms with Gasteiger partial charge in [0.15, 0.2) is 0 Å². The number of rotatable bonds is 3. The molecule has 2 saturated heterocycles. The van der Waals surface area contributed by atoms with Crippen LogP contribution in [0, 0.1) is 5.92 Å². The molecule has 2 fully saturated rings. The van der Waals surface area contributed by atoms with Crippen LogP contribution in [0.5, 0.6) is 0 Å². The van der Waals surface area contributed by atoms with Crippen molar-refractivity contribution in [2.24, 2.45) is 11.7 Å². The van der Waals surface area contributed by atoms with Crippen molar-refractivity contribution in [1.29, 1.82) is 0 Å². The minimum Gasteiger partial charge on any atom is -0.375 e. The molecule has 0 spiro atoms. The van der Waals surface area contributed by atoms with Crippen LogP contribution in [0.25, 0.3) is 0 Å². The Labute approximate surface area is 109 Å². The standard InChI is InChI=1S/C13H25N3O2/c1-10-5-12(6-14)8-16(10)9-13(17)15-3-4-18-11(2)7-15/h10-12H,3-9,14H2,1-2H3. The fourth-order valence-corrected chi connectivity index (χ4v) is 2.93. The number of likely N-dealkylation sites (tertiary alicyclic amines) is 1.